The Morgan fingerprint density at radius 2 is 1.81 bits per heavy atom. The van der Waals surface area contributed by atoms with Crippen LogP contribution in [0.2, 0.25) is 0 Å². The molecule has 0 aliphatic heterocycles. The van der Waals surface area contributed by atoms with Crippen molar-refractivity contribution in [2.45, 2.75) is 0 Å². The normalized spacial score (nSPS) is 10.2. The average Bonchev–Trinajstić information content (AvgIpc) is 2.67. The molecule has 0 spiro atoms. The van der Waals surface area contributed by atoms with Crippen LogP contribution in [-0.2, 0) is 0 Å². The number of nitrogens with zero attached hydrogens (tertiary/aromatic N) is 2. The van der Waals surface area contributed by atoms with Crippen molar-refractivity contribution in [2.24, 2.45) is 0 Å². The molecule has 0 unspecified atom stereocenters. The topological polar surface area (TPSA) is 81.2 Å². The zero-order chi connectivity index (χ0) is 18.7. The molecular weight excluding hydrogens is 394 g/mol. The molecule has 2 N–H and O–H groups in total. The van der Waals surface area contributed by atoms with Gasteiger partial charge in [-0.2, -0.15) is 5.26 Å². The molecule has 0 saturated carbocycles. The number of anilines is 1. The summed E-state index contributed by atoms with van der Waals surface area (Å²) in [5.74, 6) is 1.32. The van der Waals surface area contributed by atoms with E-state index in [1.54, 1.807) is 20.4 Å². The van der Waals surface area contributed by atoms with Gasteiger partial charge in [-0.3, -0.25) is 0 Å². The molecule has 1 aromatic heterocycles. The van der Waals surface area contributed by atoms with Gasteiger partial charge in [0.2, 0.25) is 0 Å². The fourth-order valence-electron chi connectivity index (χ4n) is 2.84. The lowest BCUT2D eigenvalue weighted by molar-refractivity contribution is 0.353. The first-order chi connectivity index (χ1) is 12.6. The molecule has 3 rings (SSSR count). The highest BCUT2D eigenvalue weighted by atomic mass is 79.9. The van der Waals surface area contributed by atoms with Gasteiger partial charge in [-0.1, -0.05) is 30.3 Å². The highest BCUT2D eigenvalue weighted by Gasteiger charge is 2.19. The van der Waals surface area contributed by atoms with Gasteiger partial charge in [0.05, 0.1) is 18.7 Å². The summed E-state index contributed by atoms with van der Waals surface area (Å²) in [7, 11) is 3.14. The van der Waals surface area contributed by atoms with E-state index < -0.39 is 0 Å². The van der Waals surface area contributed by atoms with Gasteiger partial charge in [-0.25, -0.2) is 4.98 Å². The van der Waals surface area contributed by atoms with Gasteiger partial charge in [0, 0.05) is 17.3 Å². The highest BCUT2D eigenvalue weighted by molar-refractivity contribution is 9.10. The molecule has 6 heteroatoms. The van der Waals surface area contributed by atoms with Gasteiger partial charge in [0.1, 0.15) is 17.5 Å². The summed E-state index contributed by atoms with van der Waals surface area (Å²) in [5, 5.41) is 9.69. The second-order valence-corrected chi connectivity index (χ2v) is 6.33. The summed E-state index contributed by atoms with van der Waals surface area (Å²) in [5.41, 5.74) is 9.54. The van der Waals surface area contributed by atoms with Crippen molar-refractivity contribution in [1.29, 1.82) is 5.26 Å². The maximum absolute atomic E-state index is 9.69. The first-order valence-electron chi connectivity index (χ1n) is 7.76. The van der Waals surface area contributed by atoms with Crippen LogP contribution < -0.4 is 15.2 Å². The Morgan fingerprint density at radius 3 is 2.42 bits per heavy atom. The molecule has 5 nitrogen and oxygen atoms in total. The fraction of sp³-hybridized carbons (Fsp3) is 0.100. The van der Waals surface area contributed by atoms with E-state index in [0.717, 1.165) is 16.7 Å². The number of halogens is 1. The molecule has 3 aromatic rings. The number of methoxy groups -OCH3 is 2. The predicted octanol–water partition coefficient (Wildman–Crippen LogP) is 4.65. The van der Waals surface area contributed by atoms with Crippen LogP contribution in [0.15, 0.2) is 53.1 Å². The third kappa shape index (κ3) is 3.09. The van der Waals surface area contributed by atoms with Gasteiger partial charge in [-0.15, -0.1) is 0 Å². The van der Waals surface area contributed by atoms with Gasteiger partial charge >= 0.3 is 0 Å². The van der Waals surface area contributed by atoms with Gasteiger partial charge in [0.15, 0.2) is 11.5 Å². The summed E-state index contributed by atoms with van der Waals surface area (Å²) < 4.78 is 11.5. The quantitative estimate of drug-likeness (QED) is 0.677. The van der Waals surface area contributed by atoms with E-state index in [0.29, 0.717) is 27.1 Å². The molecular formula is C20H16BrN3O2. The van der Waals surface area contributed by atoms with Crippen molar-refractivity contribution >= 4 is 21.7 Å². The van der Waals surface area contributed by atoms with Crippen molar-refractivity contribution in [3.8, 4) is 39.8 Å². The standard InChI is InChI=1S/C20H16BrN3O2/c1-25-17-9-13(8-16(21)19(17)26-2)18-14(10-22)20(23)24-11-15(18)12-6-4-3-5-7-12/h3-9,11H,1-2H3,(H2,23,24). The zero-order valence-electron chi connectivity index (χ0n) is 14.3. The largest absolute Gasteiger partial charge is 0.493 e. The van der Waals surface area contributed by atoms with E-state index in [-0.39, 0.29) is 5.82 Å². The Kier molecular flexibility index (Phi) is 5.10. The predicted molar refractivity (Wildman–Crippen MR) is 105 cm³/mol. The molecule has 1 heterocycles. The number of nitriles is 1. The van der Waals surface area contributed by atoms with Crippen LogP contribution >= 0.6 is 15.9 Å². The monoisotopic (exact) mass is 409 g/mol. The number of benzene rings is 2. The number of ether oxygens (including phenoxy) is 2. The molecule has 2 aromatic carbocycles. The molecule has 0 radical (unpaired) electrons. The van der Waals surface area contributed by atoms with E-state index in [1.165, 1.54) is 0 Å². The number of nitrogen functional groups attached to an aromatic ring is 1. The molecule has 0 atom stereocenters. The molecule has 0 bridgehead atoms. The van der Waals surface area contributed by atoms with Gasteiger partial charge in [0.25, 0.3) is 0 Å². The Hall–Kier alpha value is -3.04. The smallest absolute Gasteiger partial charge is 0.174 e. The van der Waals surface area contributed by atoms with Crippen molar-refractivity contribution in [2.75, 3.05) is 20.0 Å². The summed E-state index contributed by atoms with van der Waals surface area (Å²) in [6.45, 7) is 0. The zero-order valence-corrected chi connectivity index (χ0v) is 15.9. The number of nitrogens with two attached hydrogens (primary N) is 1. The summed E-state index contributed by atoms with van der Waals surface area (Å²) in [4.78, 5) is 4.20. The molecule has 26 heavy (non-hydrogen) atoms. The molecule has 0 amide bonds. The molecule has 0 saturated heterocycles. The number of hydrogen-bond acceptors (Lipinski definition) is 5. The second-order valence-electron chi connectivity index (χ2n) is 5.48. The SMILES string of the molecule is COc1cc(-c2c(-c3ccccc3)cnc(N)c2C#N)cc(Br)c1OC. The van der Waals surface area contributed by atoms with Gasteiger partial charge < -0.3 is 15.2 Å². The average molecular weight is 410 g/mol. The fourth-order valence-corrected chi connectivity index (χ4v) is 3.44. The van der Waals surface area contributed by atoms with E-state index in [9.17, 15) is 5.26 Å². The van der Waals surface area contributed by atoms with E-state index in [2.05, 4.69) is 27.0 Å². The first-order valence-corrected chi connectivity index (χ1v) is 8.55. The lowest BCUT2D eigenvalue weighted by Gasteiger charge is -2.16. The maximum atomic E-state index is 9.69. The third-order valence-electron chi connectivity index (χ3n) is 4.03. The van der Waals surface area contributed by atoms with Crippen LogP contribution in [0.3, 0.4) is 0 Å². The minimum absolute atomic E-state index is 0.188. The molecule has 130 valence electrons. The lowest BCUT2D eigenvalue weighted by atomic mass is 9.92. The summed E-state index contributed by atoms with van der Waals surface area (Å²) in [6.07, 6.45) is 1.69. The number of aromatic nitrogens is 1. The van der Waals surface area contributed by atoms with Crippen LogP contribution in [0, 0.1) is 11.3 Å². The first kappa shape index (κ1) is 17.8. The maximum Gasteiger partial charge on any atom is 0.174 e. The van der Waals surface area contributed by atoms with Crippen LogP contribution in [0.4, 0.5) is 5.82 Å². The number of rotatable bonds is 4. The van der Waals surface area contributed by atoms with Gasteiger partial charge in [-0.05, 0) is 39.2 Å². The Bertz CT molecular complexity index is 998. The van der Waals surface area contributed by atoms with E-state index >= 15 is 0 Å². The van der Waals surface area contributed by atoms with Crippen LogP contribution in [0.25, 0.3) is 22.3 Å². The Morgan fingerprint density at radius 1 is 1.08 bits per heavy atom. The Balaban J connectivity index is 2.36. The van der Waals surface area contributed by atoms with E-state index in [4.69, 9.17) is 15.2 Å². The van der Waals surface area contributed by atoms with Crippen LogP contribution in [-0.4, -0.2) is 19.2 Å². The molecule has 0 aliphatic carbocycles. The van der Waals surface area contributed by atoms with Crippen molar-refractivity contribution in [1.82, 2.24) is 4.98 Å². The van der Waals surface area contributed by atoms with Crippen molar-refractivity contribution in [3.05, 3.63) is 58.7 Å². The van der Waals surface area contributed by atoms with Crippen molar-refractivity contribution in [3.63, 3.8) is 0 Å². The second kappa shape index (κ2) is 7.46. The minimum Gasteiger partial charge on any atom is -0.493 e. The number of pyridine rings is 1. The molecule has 0 fully saturated rings. The Labute approximate surface area is 160 Å². The van der Waals surface area contributed by atoms with Crippen LogP contribution in [0.5, 0.6) is 11.5 Å². The summed E-state index contributed by atoms with van der Waals surface area (Å²) >= 11 is 3.51. The minimum atomic E-state index is 0.188. The molecule has 0 aliphatic rings. The third-order valence-corrected chi connectivity index (χ3v) is 4.62. The summed E-state index contributed by atoms with van der Waals surface area (Å²) in [6, 6.07) is 15.6. The van der Waals surface area contributed by atoms with E-state index in [1.807, 2.05) is 42.5 Å². The van der Waals surface area contributed by atoms with Crippen LogP contribution in [0.1, 0.15) is 5.56 Å². The lowest BCUT2D eigenvalue weighted by Crippen LogP contribution is -2.00. The number of hydrogen-bond donors (Lipinski definition) is 1. The highest BCUT2D eigenvalue weighted by Crippen LogP contribution is 2.43. The van der Waals surface area contributed by atoms with Crippen molar-refractivity contribution < 1.29 is 9.47 Å².